The van der Waals surface area contributed by atoms with E-state index in [0.29, 0.717) is 0 Å². The van der Waals surface area contributed by atoms with Gasteiger partial charge in [0.05, 0.1) is 33.8 Å². The Balaban J connectivity index is 0.000000117. The molecule has 7 heteroatoms. The average molecular weight is 608 g/mol. The number of para-hydroxylation sites is 4. The fourth-order valence-electron chi connectivity index (χ4n) is 5.65. The monoisotopic (exact) mass is 607 g/mol. The summed E-state index contributed by atoms with van der Waals surface area (Å²) in [7, 11) is 0. The molecule has 0 aliphatic carbocycles. The van der Waals surface area contributed by atoms with Crippen molar-refractivity contribution in [2.75, 3.05) is 0 Å². The third kappa shape index (κ3) is 6.32. The van der Waals surface area contributed by atoms with E-state index >= 15 is 0 Å². The molecule has 0 fully saturated rings. The number of rotatable bonds is 0. The molecule has 8 aromatic rings. The zero-order valence-electron chi connectivity index (χ0n) is 25.3. The SMILES string of the molecule is C1=Cc2cc3ccc(cc4nc(cc5ccc(cc1n2)[nH]5)C=C4)[nH]3.c1ccc2c(c1)[nH]c1ccccc12.c1ccc2nccnc2c1. The van der Waals surface area contributed by atoms with Gasteiger partial charge in [-0.2, -0.15) is 0 Å². The van der Waals surface area contributed by atoms with Crippen molar-refractivity contribution in [3.05, 3.63) is 156 Å². The van der Waals surface area contributed by atoms with Gasteiger partial charge in [-0.1, -0.05) is 48.5 Å². The maximum atomic E-state index is 4.63. The van der Waals surface area contributed by atoms with E-state index in [0.717, 1.165) is 55.9 Å². The molecule has 3 N–H and O–H groups in total. The van der Waals surface area contributed by atoms with Crippen LogP contribution in [0, 0.1) is 0 Å². The van der Waals surface area contributed by atoms with Gasteiger partial charge in [-0.05, 0) is 97.1 Å². The Labute approximate surface area is 270 Å². The van der Waals surface area contributed by atoms with E-state index < -0.39 is 0 Å². The van der Waals surface area contributed by atoms with E-state index in [1.165, 1.54) is 21.8 Å². The summed E-state index contributed by atoms with van der Waals surface area (Å²) >= 11 is 0. The van der Waals surface area contributed by atoms with Crippen LogP contribution in [0.25, 0.3) is 79.2 Å². The van der Waals surface area contributed by atoms with Crippen LogP contribution in [0.4, 0.5) is 0 Å². The highest BCUT2D eigenvalue weighted by molar-refractivity contribution is 6.07. The molecular weight excluding hydrogens is 578 g/mol. The molecule has 3 aromatic carbocycles. The average Bonchev–Trinajstić information content (AvgIpc) is 3.95. The van der Waals surface area contributed by atoms with Crippen LogP contribution < -0.4 is 0 Å². The quantitative estimate of drug-likeness (QED) is 0.160. The molecular formula is C40H29N7. The number of benzene rings is 3. The number of nitrogens with one attached hydrogen (secondary N) is 3. The maximum absolute atomic E-state index is 4.63. The number of H-pyrrole nitrogens is 3. The molecule has 0 amide bonds. The molecule has 0 saturated heterocycles. The molecule has 0 unspecified atom stereocenters. The second kappa shape index (κ2) is 12.4. The van der Waals surface area contributed by atoms with Gasteiger partial charge in [0.25, 0.3) is 0 Å². The summed E-state index contributed by atoms with van der Waals surface area (Å²) in [5, 5.41) is 2.61. The summed E-state index contributed by atoms with van der Waals surface area (Å²) in [4.78, 5) is 27.6. The summed E-state index contributed by atoms with van der Waals surface area (Å²) in [5.74, 6) is 0. The van der Waals surface area contributed by atoms with Gasteiger partial charge in [0.1, 0.15) is 0 Å². The normalized spacial score (nSPS) is 11.7. The lowest BCUT2D eigenvalue weighted by atomic mass is 10.2. The van der Waals surface area contributed by atoms with E-state index in [-0.39, 0.29) is 0 Å². The second-order valence-corrected chi connectivity index (χ2v) is 11.2. The first-order valence-electron chi connectivity index (χ1n) is 15.4. The minimum absolute atomic E-state index is 0.939. The van der Waals surface area contributed by atoms with Crippen LogP contribution in [0.5, 0.6) is 0 Å². The number of nitrogens with zero attached hydrogens (tertiary/aromatic N) is 4. The largest absolute Gasteiger partial charge is 0.355 e. The first-order chi connectivity index (χ1) is 23.2. The smallest absolute Gasteiger partial charge is 0.0886 e. The van der Waals surface area contributed by atoms with Gasteiger partial charge in [-0.3, -0.25) is 9.97 Å². The Kier molecular flexibility index (Phi) is 7.38. The van der Waals surface area contributed by atoms with Crippen molar-refractivity contribution in [1.82, 2.24) is 34.9 Å². The molecule has 0 spiro atoms. The summed E-state index contributed by atoms with van der Waals surface area (Å²) in [6.45, 7) is 0. The molecule has 7 heterocycles. The van der Waals surface area contributed by atoms with Crippen molar-refractivity contribution in [2.24, 2.45) is 0 Å². The molecule has 8 bridgehead atoms. The number of fused-ring (bicyclic) bond motifs is 12. The van der Waals surface area contributed by atoms with Crippen molar-refractivity contribution in [3.8, 4) is 0 Å². The highest BCUT2D eigenvalue weighted by atomic mass is 14.8. The first kappa shape index (κ1) is 27.9. The Morgan fingerprint density at radius 3 is 1.13 bits per heavy atom. The van der Waals surface area contributed by atoms with Crippen molar-refractivity contribution in [3.63, 3.8) is 0 Å². The molecule has 10 rings (SSSR count). The molecule has 2 aliphatic rings. The van der Waals surface area contributed by atoms with E-state index in [9.17, 15) is 0 Å². The summed E-state index contributed by atoms with van der Waals surface area (Å²) in [5.41, 5.74) is 12.2. The molecule has 2 aliphatic heterocycles. The first-order valence-corrected chi connectivity index (χ1v) is 15.4. The molecule has 0 atom stereocenters. The van der Waals surface area contributed by atoms with Gasteiger partial charge in [-0.25, -0.2) is 9.97 Å². The Bertz CT molecular complexity index is 2310. The van der Waals surface area contributed by atoms with Gasteiger partial charge >= 0.3 is 0 Å². The molecule has 5 aromatic heterocycles. The van der Waals surface area contributed by atoms with Crippen molar-refractivity contribution >= 4 is 79.2 Å². The third-order valence-electron chi connectivity index (χ3n) is 7.83. The lowest BCUT2D eigenvalue weighted by molar-refractivity contribution is 1.29. The number of aromatic amines is 3. The van der Waals surface area contributed by atoms with Crippen LogP contribution in [0.3, 0.4) is 0 Å². The minimum Gasteiger partial charge on any atom is -0.355 e. The van der Waals surface area contributed by atoms with Crippen molar-refractivity contribution in [2.45, 2.75) is 0 Å². The fourth-order valence-corrected chi connectivity index (χ4v) is 5.65. The Morgan fingerprint density at radius 2 is 0.723 bits per heavy atom. The van der Waals surface area contributed by atoms with E-state index in [4.69, 9.17) is 0 Å². The van der Waals surface area contributed by atoms with Crippen LogP contribution in [-0.2, 0) is 0 Å². The molecule has 0 radical (unpaired) electrons. The zero-order chi connectivity index (χ0) is 31.4. The van der Waals surface area contributed by atoms with E-state index in [1.54, 1.807) is 12.4 Å². The molecule has 7 nitrogen and oxygen atoms in total. The van der Waals surface area contributed by atoms with E-state index in [2.05, 4.69) is 108 Å². The molecule has 47 heavy (non-hydrogen) atoms. The lowest BCUT2D eigenvalue weighted by Gasteiger charge is -1.90. The highest BCUT2D eigenvalue weighted by Crippen LogP contribution is 2.24. The maximum Gasteiger partial charge on any atom is 0.0886 e. The minimum atomic E-state index is 0.939. The Morgan fingerprint density at radius 1 is 0.362 bits per heavy atom. The second-order valence-electron chi connectivity index (χ2n) is 11.2. The van der Waals surface area contributed by atoms with Gasteiger partial charge in [0, 0.05) is 56.3 Å². The number of hydrogen-bond acceptors (Lipinski definition) is 4. The lowest BCUT2D eigenvalue weighted by Crippen LogP contribution is -1.78. The standard InChI is InChI=1S/C20H14N4.C12H9N.C8H6N2/c1-2-14-10-16-5-6-18(23-16)12-20-8-7-19(24-20)11-17-4-3-15(22-17)9-13(1)21-14;1-3-7-11-9(5-1)10-6-2-4-8-12(10)13-11;1-2-4-8-7(3-1)9-5-6-10-8/h1-12,21,24H;1-8,13H;1-6H. The van der Waals surface area contributed by atoms with Gasteiger partial charge in [-0.15, -0.1) is 0 Å². The predicted molar refractivity (Wildman–Crippen MR) is 194 cm³/mol. The Hall–Kier alpha value is -6.60. The van der Waals surface area contributed by atoms with Crippen LogP contribution in [0.15, 0.2) is 134 Å². The highest BCUT2D eigenvalue weighted by Gasteiger charge is 2.02. The topological polar surface area (TPSA) is 98.9 Å². The number of aromatic nitrogens is 7. The summed E-state index contributed by atoms with van der Waals surface area (Å²) < 4.78 is 0. The molecule has 224 valence electrons. The van der Waals surface area contributed by atoms with Crippen LogP contribution in [-0.4, -0.2) is 34.9 Å². The van der Waals surface area contributed by atoms with Crippen molar-refractivity contribution < 1.29 is 0 Å². The van der Waals surface area contributed by atoms with Crippen LogP contribution in [0.1, 0.15) is 22.8 Å². The number of hydrogen-bond donors (Lipinski definition) is 3. The van der Waals surface area contributed by atoms with Gasteiger partial charge < -0.3 is 15.0 Å². The van der Waals surface area contributed by atoms with Gasteiger partial charge in [0.2, 0.25) is 0 Å². The fraction of sp³-hybridized carbons (Fsp3) is 0. The summed E-state index contributed by atoms with van der Waals surface area (Å²) in [6, 6.07) is 40.9. The molecule has 0 saturated carbocycles. The zero-order valence-corrected chi connectivity index (χ0v) is 25.3. The third-order valence-corrected chi connectivity index (χ3v) is 7.83. The predicted octanol–water partition coefficient (Wildman–Crippen LogP) is 9.61. The van der Waals surface area contributed by atoms with Crippen molar-refractivity contribution in [1.29, 1.82) is 0 Å². The van der Waals surface area contributed by atoms with Crippen LogP contribution in [0.2, 0.25) is 0 Å². The van der Waals surface area contributed by atoms with E-state index in [1.807, 2.05) is 72.8 Å². The summed E-state index contributed by atoms with van der Waals surface area (Å²) in [6.07, 6.45) is 11.5. The van der Waals surface area contributed by atoms with Crippen LogP contribution >= 0.6 is 0 Å². The van der Waals surface area contributed by atoms with Gasteiger partial charge in [0.15, 0.2) is 0 Å².